The molecule has 21 heavy (non-hydrogen) atoms. The first-order valence-electron chi connectivity index (χ1n) is 6.13. The third-order valence-corrected chi connectivity index (χ3v) is 2.82. The zero-order valence-electron chi connectivity index (χ0n) is 12.2. The molecule has 0 unspecified atom stereocenters. The Labute approximate surface area is 135 Å². The summed E-state index contributed by atoms with van der Waals surface area (Å²) in [4.78, 5) is 22.4. The predicted molar refractivity (Wildman–Crippen MR) is 71.8 cm³/mol. The van der Waals surface area contributed by atoms with Crippen LogP contribution in [0.15, 0.2) is 30.3 Å². The Hall–Kier alpha value is -1.72. The van der Waals surface area contributed by atoms with Crippen molar-refractivity contribution in [2.24, 2.45) is 0 Å². The number of benzene rings is 1. The number of hydrogen-bond acceptors (Lipinski definition) is 4. The van der Waals surface area contributed by atoms with Crippen LogP contribution in [-0.4, -0.2) is 37.2 Å². The van der Waals surface area contributed by atoms with E-state index in [2.05, 4.69) is 17.2 Å². The molecular weight excluding hydrogens is 265 g/mol. The molecule has 0 radical (unpaired) electrons. The number of carbonyl (C=O) groups excluding carboxylic acids is 2. The van der Waals surface area contributed by atoms with Crippen LogP contribution in [0.25, 0.3) is 5.32 Å². The fourth-order valence-electron chi connectivity index (χ4n) is 1.86. The molecule has 104 valence electrons. The smallest absolute Gasteiger partial charge is 0.642 e. The van der Waals surface area contributed by atoms with Crippen LogP contribution in [-0.2, 0) is 19.1 Å². The normalized spacial score (nSPS) is 20.8. The maximum absolute atomic E-state index is 11.3. The molecule has 0 aromatic heterocycles. The van der Waals surface area contributed by atoms with Crippen molar-refractivity contribution in [1.29, 1.82) is 0 Å². The second kappa shape index (κ2) is 7.90. The number of esters is 1. The molecule has 1 aliphatic heterocycles. The van der Waals surface area contributed by atoms with Crippen molar-refractivity contribution < 1.29 is 37.9 Å². The van der Waals surface area contributed by atoms with E-state index in [4.69, 9.17) is 9.47 Å². The minimum absolute atomic E-state index is 0. The molecule has 1 aromatic carbocycles. The largest absolute Gasteiger partial charge is 1.00 e. The first-order chi connectivity index (χ1) is 9.61. The number of ether oxygens (including phenoxy) is 2. The van der Waals surface area contributed by atoms with Gasteiger partial charge < -0.3 is 19.6 Å². The van der Waals surface area contributed by atoms with Gasteiger partial charge in [0.2, 0.25) is 0 Å². The van der Waals surface area contributed by atoms with Gasteiger partial charge in [0.25, 0.3) is 0 Å². The van der Waals surface area contributed by atoms with Crippen LogP contribution in [0.3, 0.4) is 0 Å². The zero-order chi connectivity index (χ0) is 14.5. The first kappa shape index (κ1) is 17.3. The molecule has 1 saturated heterocycles. The molecule has 2 rings (SSSR count). The number of carbonyl (C=O) groups is 2. The SMILES string of the molecule is CO[C@H]1C(=O)[N-][C@H]1[C@@H](C#Cc1ccccc1)OC(C)=O.[Li+]. The van der Waals surface area contributed by atoms with Crippen LogP contribution in [0.5, 0.6) is 0 Å². The Morgan fingerprint density at radius 1 is 1.33 bits per heavy atom. The minimum atomic E-state index is -0.782. The summed E-state index contributed by atoms with van der Waals surface area (Å²) >= 11 is 0. The number of methoxy groups -OCH3 is 1. The van der Waals surface area contributed by atoms with E-state index in [1.54, 1.807) is 0 Å². The Balaban J connectivity index is 0.00000220. The molecule has 0 bridgehead atoms. The minimum Gasteiger partial charge on any atom is -0.642 e. The van der Waals surface area contributed by atoms with E-state index in [9.17, 15) is 9.59 Å². The fourth-order valence-corrected chi connectivity index (χ4v) is 1.86. The predicted octanol–water partition coefficient (Wildman–Crippen LogP) is -1.73. The maximum Gasteiger partial charge on any atom is 1.00 e. The van der Waals surface area contributed by atoms with Crippen molar-refractivity contribution in [1.82, 2.24) is 0 Å². The van der Waals surface area contributed by atoms with Gasteiger partial charge in [-0.3, -0.25) is 4.79 Å². The third-order valence-electron chi connectivity index (χ3n) is 2.82. The van der Waals surface area contributed by atoms with Crippen molar-refractivity contribution in [3.63, 3.8) is 0 Å². The quantitative estimate of drug-likeness (QED) is 0.285. The van der Waals surface area contributed by atoms with Crippen LogP contribution < -0.4 is 18.9 Å². The Bertz CT molecular complexity index is 564. The summed E-state index contributed by atoms with van der Waals surface area (Å²) in [6.45, 7) is 1.29. The van der Waals surface area contributed by atoms with Gasteiger partial charge in [-0.2, -0.15) is 0 Å². The van der Waals surface area contributed by atoms with Crippen LogP contribution in [0, 0.1) is 11.8 Å². The average Bonchev–Trinajstić information content (AvgIpc) is 2.42. The zero-order valence-corrected chi connectivity index (χ0v) is 12.2. The molecule has 3 atom stereocenters. The second-order valence-corrected chi connectivity index (χ2v) is 4.28. The van der Waals surface area contributed by atoms with Crippen molar-refractivity contribution in [3.05, 3.63) is 41.2 Å². The molecular formula is C15H14LiNO4. The van der Waals surface area contributed by atoms with Crippen LogP contribution in [0.1, 0.15) is 12.5 Å². The molecule has 5 nitrogen and oxygen atoms in total. The van der Waals surface area contributed by atoms with Crippen LogP contribution in [0.2, 0.25) is 0 Å². The van der Waals surface area contributed by atoms with Gasteiger partial charge in [-0.25, -0.2) is 0 Å². The molecule has 0 spiro atoms. The van der Waals surface area contributed by atoms with E-state index in [0.717, 1.165) is 5.56 Å². The third kappa shape index (κ3) is 4.37. The summed E-state index contributed by atoms with van der Waals surface area (Å²) in [7, 11) is 1.42. The summed E-state index contributed by atoms with van der Waals surface area (Å²) in [5.74, 6) is 4.92. The fraction of sp³-hybridized carbons (Fsp3) is 0.333. The van der Waals surface area contributed by atoms with Crippen molar-refractivity contribution in [2.75, 3.05) is 7.11 Å². The van der Waals surface area contributed by atoms with Gasteiger partial charge in [-0.05, 0) is 18.2 Å². The van der Waals surface area contributed by atoms with Gasteiger partial charge in [0, 0.05) is 19.6 Å². The monoisotopic (exact) mass is 279 g/mol. The summed E-state index contributed by atoms with van der Waals surface area (Å²) in [5.41, 5.74) is 0.796. The molecule has 6 heteroatoms. The molecule has 0 saturated carbocycles. The number of hydrogen-bond donors (Lipinski definition) is 0. The van der Waals surface area contributed by atoms with Gasteiger partial charge >= 0.3 is 24.8 Å². The standard InChI is InChI=1S/C15H15NO4.Li/c1-10(17)20-12(13-14(19-2)15(18)16-13)9-8-11-6-4-3-5-7-11;/h3-7,12-14H,1-2H3,(H,16,18);/q;+1/p-1/t12-,13+,14-;/m1./s1. The van der Waals surface area contributed by atoms with Crippen molar-refractivity contribution >= 4 is 11.9 Å². The summed E-state index contributed by atoms with van der Waals surface area (Å²) in [6, 6.07) is 8.73. The van der Waals surface area contributed by atoms with E-state index in [1.807, 2.05) is 30.3 Å². The molecule has 0 N–H and O–H groups in total. The number of rotatable bonds is 3. The molecule has 1 aromatic rings. The van der Waals surface area contributed by atoms with Crippen molar-refractivity contribution in [2.45, 2.75) is 25.2 Å². The first-order valence-corrected chi connectivity index (χ1v) is 6.13. The number of amides is 1. The Morgan fingerprint density at radius 2 is 2.00 bits per heavy atom. The van der Waals surface area contributed by atoms with E-state index in [-0.39, 0.29) is 24.8 Å². The maximum atomic E-state index is 11.3. The molecule has 1 fully saturated rings. The second-order valence-electron chi connectivity index (χ2n) is 4.28. The Kier molecular flexibility index (Phi) is 6.52. The van der Waals surface area contributed by atoms with Crippen molar-refractivity contribution in [3.8, 4) is 11.8 Å². The number of β-lactam (4-membered cyclic amide) rings is 1. The topological polar surface area (TPSA) is 66.7 Å². The van der Waals surface area contributed by atoms with Crippen LogP contribution >= 0.6 is 0 Å². The molecule has 1 aliphatic rings. The van der Waals surface area contributed by atoms with E-state index in [0.29, 0.717) is 0 Å². The summed E-state index contributed by atoms with van der Waals surface area (Å²) in [5, 5.41) is 3.80. The Morgan fingerprint density at radius 3 is 2.52 bits per heavy atom. The van der Waals surface area contributed by atoms with E-state index in [1.165, 1.54) is 14.0 Å². The van der Waals surface area contributed by atoms with Crippen LogP contribution in [0.4, 0.5) is 0 Å². The van der Waals surface area contributed by atoms with Gasteiger partial charge in [0.1, 0.15) is 0 Å². The summed E-state index contributed by atoms with van der Waals surface area (Å²) in [6.07, 6.45) is -1.47. The van der Waals surface area contributed by atoms with Gasteiger partial charge in [0.15, 0.2) is 6.10 Å². The van der Waals surface area contributed by atoms with E-state index < -0.39 is 24.2 Å². The van der Waals surface area contributed by atoms with Gasteiger partial charge in [-0.15, -0.1) is 0 Å². The van der Waals surface area contributed by atoms with Gasteiger partial charge in [-0.1, -0.05) is 30.0 Å². The van der Waals surface area contributed by atoms with E-state index >= 15 is 0 Å². The molecule has 0 aliphatic carbocycles. The average molecular weight is 279 g/mol. The molecule has 1 heterocycles. The number of nitrogens with zero attached hydrogens (tertiary/aromatic N) is 1. The van der Waals surface area contributed by atoms with Gasteiger partial charge in [0.05, 0.1) is 12.0 Å². The molecule has 1 amide bonds. The summed E-state index contributed by atoms with van der Waals surface area (Å²) < 4.78 is 10.1.